The molecule has 0 aliphatic rings. The van der Waals surface area contributed by atoms with Crippen molar-refractivity contribution in [1.29, 1.82) is 0 Å². The molecule has 0 saturated carbocycles. The molecule has 5 heteroatoms. The minimum Gasteiger partial charge on any atom is -0.325 e. The molecule has 0 bridgehead atoms. The van der Waals surface area contributed by atoms with Gasteiger partial charge < -0.3 is 10.6 Å². The van der Waals surface area contributed by atoms with Gasteiger partial charge in [0.2, 0.25) is 5.91 Å². The van der Waals surface area contributed by atoms with E-state index in [2.05, 4.69) is 29.4 Å². The van der Waals surface area contributed by atoms with Crippen LogP contribution in [0.25, 0.3) is 0 Å². The van der Waals surface area contributed by atoms with Crippen LogP contribution >= 0.6 is 0 Å². The molecular formula is C21H27N3O2. The van der Waals surface area contributed by atoms with Gasteiger partial charge in [-0.15, -0.1) is 0 Å². The van der Waals surface area contributed by atoms with Crippen molar-refractivity contribution in [3.8, 4) is 0 Å². The number of hydrogen-bond donors (Lipinski definition) is 2. The van der Waals surface area contributed by atoms with Crippen molar-refractivity contribution in [3.05, 3.63) is 60.2 Å². The molecule has 2 aromatic carbocycles. The van der Waals surface area contributed by atoms with Crippen molar-refractivity contribution in [2.75, 3.05) is 30.3 Å². The van der Waals surface area contributed by atoms with Crippen LogP contribution in [0.3, 0.4) is 0 Å². The normalized spacial score (nSPS) is 10.6. The smallest absolute Gasteiger partial charge is 0.255 e. The molecule has 0 aliphatic carbocycles. The molecule has 138 valence electrons. The van der Waals surface area contributed by atoms with Crippen molar-refractivity contribution >= 4 is 23.2 Å². The Bertz CT molecular complexity index is 710. The van der Waals surface area contributed by atoms with Crippen LogP contribution in [-0.4, -0.2) is 36.3 Å². The number of nitrogens with zero attached hydrogens (tertiary/aromatic N) is 1. The second kappa shape index (κ2) is 10.4. The Morgan fingerprint density at radius 2 is 1.46 bits per heavy atom. The molecule has 2 N–H and O–H groups in total. The summed E-state index contributed by atoms with van der Waals surface area (Å²) in [4.78, 5) is 26.7. The Hall–Kier alpha value is -2.66. The first-order valence-corrected chi connectivity index (χ1v) is 9.11. The van der Waals surface area contributed by atoms with Crippen LogP contribution in [0.2, 0.25) is 0 Å². The lowest BCUT2D eigenvalue weighted by Crippen LogP contribution is -2.34. The quantitative estimate of drug-likeness (QED) is 0.716. The summed E-state index contributed by atoms with van der Waals surface area (Å²) in [6.45, 7) is 6.42. The zero-order chi connectivity index (χ0) is 18.8. The summed E-state index contributed by atoms with van der Waals surface area (Å²) in [5, 5.41) is 5.76. The van der Waals surface area contributed by atoms with Crippen molar-refractivity contribution in [3.63, 3.8) is 0 Å². The lowest BCUT2D eigenvalue weighted by atomic mass is 10.2. The monoisotopic (exact) mass is 353 g/mol. The molecule has 26 heavy (non-hydrogen) atoms. The Kier molecular flexibility index (Phi) is 7.83. The summed E-state index contributed by atoms with van der Waals surface area (Å²) < 4.78 is 0. The van der Waals surface area contributed by atoms with E-state index in [0.29, 0.717) is 23.5 Å². The summed E-state index contributed by atoms with van der Waals surface area (Å²) in [7, 11) is 0. The highest BCUT2D eigenvalue weighted by Gasteiger charge is 2.10. The van der Waals surface area contributed by atoms with E-state index >= 15 is 0 Å². The topological polar surface area (TPSA) is 61.4 Å². The SMILES string of the molecule is CCCN(CCC)CC(=O)Nc1cccc(NC(=O)c2ccccc2)c1. The number of anilines is 2. The lowest BCUT2D eigenvalue weighted by molar-refractivity contribution is -0.117. The fourth-order valence-electron chi connectivity index (χ4n) is 2.77. The lowest BCUT2D eigenvalue weighted by Gasteiger charge is -2.20. The number of benzene rings is 2. The van der Waals surface area contributed by atoms with E-state index in [1.165, 1.54) is 0 Å². The Balaban J connectivity index is 1.95. The zero-order valence-electron chi connectivity index (χ0n) is 15.5. The van der Waals surface area contributed by atoms with E-state index < -0.39 is 0 Å². The van der Waals surface area contributed by atoms with Gasteiger partial charge in [-0.2, -0.15) is 0 Å². The second-order valence-electron chi connectivity index (χ2n) is 6.23. The number of carbonyl (C=O) groups is 2. The molecule has 0 saturated heterocycles. The second-order valence-corrected chi connectivity index (χ2v) is 6.23. The number of carbonyl (C=O) groups excluding carboxylic acids is 2. The molecule has 0 radical (unpaired) electrons. The molecule has 5 nitrogen and oxygen atoms in total. The van der Waals surface area contributed by atoms with Gasteiger partial charge in [0.15, 0.2) is 0 Å². The van der Waals surface area contributed by atoms with Gasteiger partial charge in [-0.05, 0) is 56.3 Å². The highest BCUT2D eigenvalue weighted by atomic mass is 16.2. The van der Waals surface area contributed by atoms with Crippen molar-refractivity contribution in [1.82, 2.24) is 4.90 Å². The van der Waals surface area contributed by atoms with Gasteiger partial charge in [-0.25, -0.2) is 0 Å². The molecule has 0 fully saturated rings. The standard InChI is InChI=1S/C21H27N3O2/c1-3-13-24(14-4-2)16-20(25)22-18-11-8-12-19(15-18)23-21(26)17-9-6-5-7-10-17/h5-12,15H,3-4,13-14,16H2,1-2H3,(H,22,25)(H,23,26). The molecule has 0 aliphatic heterocycles. The first-order chi connectivity index (χ1) is 12.6. The minimum atomic E-state index is -0.175. The van der Waals surface area contributed by atoms with Crippen LogP contribution in [-0.2, 0) is 4.79 Å². The third-order valence-electron chi connectivity index (χ3n) is 3.89. The van der Waals surface area contributed by atoms with Crippen LogP contribution < -0.4 is 10.6 Å². The summed E-state index contributed by atoms with van der Waals surface area (Å²) in [6.07, 6.45) is 2.04. The third kappa shape index (κ3) is 6.33. The van der Waals surface area contributed by atoms with E-state index in [1.54, 1.807) is 24.3 Å². The number of amides is 2. The maximum atomic E-state index is 12.3. The summed E-state index contributed by atoms with van der Waals surface area (Å²) in [6, 6.07) is 16.2. The van der Waals surface area contributed by atoms with Crippen LogP contribution in [0.15, 0.2) is 54.6 Å². The predicted molar refractivity (Wildman–Crippen MR) is 106 cm³/mol. The first-order valence-electron chi connectivity index (χ1n) is 9.11. The van der Waals surface area contributed by atoms with Gasteiger partial charge in [-0.1, -0.05) is 38.1 Å². The van der Waals surface area contributed by atoms with Crippen LogP contribution in [0.5, 0.6) is 0 Å². The van der Waals surface area contributed by atoms with Crippen LogP contribution in [0.4, 0.5) is 11.4 Å². The fraction of sp³-hybridized carbons (Fsp3) is 0.333. The Morgan fingerprint density at radius 1 is 0.846 bits per heavy atom. The molecule has 0 spiro atoms. The van der Waals surface area contributed by atoms with E-state index in [9.17, 15) is 9.59 Å². The van der Waals surface area contributed by atoms with Gasteiger partial charge in [0.05, 0.1) is 6.54 Å². The third-order valence-corrected chi connectivity index (χ3v) is 3.89. The largest absolute Gasteiger partial charge is 0.325 e. The van der Waals surface area contributed by atoms with Gasteiger partial charge in [0, 0.05) is 16.9 Å². The molecule has 2 rings (SSSR count). The van der Waals surface area contributed by atoms with Crippen molar-refractivity contribution < 1.29 is 9.59 Å². The fourth-order valence-corrected chi connectivity index (χ4v) is 2.77. The molecule has 2 aromatic rings. The zero-order valence-corrected chi connectivity index (χ0v) is 15.5. The summed E-state index contributed by atoms with van der Waals surface area (Å²) in [5.41, 5.74) is 1.92. The molecule has 0 heterocycles. The molecule has 0 atom stereocenters. The highest BCUT2D eigenvalue weighted by molar-refractivity contribution is 6.04. The highest BCUT2D eigenvalue weighted by Crippen LogP contribution is 2.16. The first kappa shape index (κ1) is 19.7. The average molecular weight is 353 g/mol. The van der Waals surface area contributed by atoms with Crippen molar-refractivity contribution in [2.24, 2.45) is 0 Å². The van der Waals surface area contributed by atoms with Gasteiger partial charge in [0.25, 0.3) is 5.91 Å². The van der Waals surface area contributed by atoms with E-state index in [-0.39, 0.29) is 11.8 Å². The molecule has 0 unspecified atom stereocenters. The van der Waals surface area contributed by atoms with E-state index in [4.69, 9.17) is 0 Å². The maximum absolute atomic E-state index is 12.3. The number of nitrogens with one attached hydrogen (secondary N) is 2. The Labute approximate surface area is 155 Å². The van der Waals surface area contributed by atoms with Gasteiger partial charge in [0.1, 0.15) is 0 Å². The van der Waals surface area contributed by atoms with Gasteiger partial charge in [-0.3, -0.25) is 14.5 Å². The summed E-state index contributed by atoms with van der Waals surface area (Å²) in [5.74, 6) is -0.218. The summed E-state index contributed by atoms with van der Waals surface area (Å²) >= 11 is 0. The predicted octanol–water partition coefficient (Wildman–Crippen LogP) is 4.00. The van der Waals surface area contributed by atoms with Crippen LogP contribution in [0.1, 0.15) is 37.0 Å². The van der Waals surface area contributed by atoms with Crippen molar-refractivity contribution in [2.45, 2.75) is 26.7 Å². The number of hydrogen-bond acceptors (Lipinski definition) is 3. The Morgan fingerprint density at radius 3 is 2.08 bits per heavy atom. The minimum absolute atomic E-state index is 0.0431. The molecular weight excluding hydrogens is 326 g/mol. The number of rotatable bonds is 9. The van der Waals surface area contributed by atoms with Crippen LogP contribution in [0, 0.1) is 0 Å². The van der Waals surface area contributed by atoms with Gasteiger partial charge >= 0.3 is 0 Å². The van der Waals surface area contributed by atoms with E-state index in [0.717, 1.165) is 25.9 Å². The average Bonchev–Trinajstić information content (AvgIpc) is 2.63. The molecule has 0 aromatic heterocycles. The van der Waals surface area contributed by atoms with E-state index in [1.807, 2.05) is 30.3 Å². The maximum Gasteiger partial charge on any atom is 0.255 e. The molecule has 2 amide bonds.